The van der Waals surface area contributed by atoms with Gasteiger partial charge in [-0.2, -0.15) is 0 Å². The molecule has 4 fully saturated rings. The van der Waals surface area contributed by atoms with Crippen LogP contribution in [0, 0.1) is 23.2 Å². The Hall–Kier alpha value is -2.24. The van der Waals surface area contributed by atoms with E-state index in [-0.39, 0.29) is 11.3 Å². The predicted molar refractivity (Wildman–Crippen MR) is 96.2 cm³/mol. The number of rotatable bonds is 5. The first kappa shape index (κ1) is 16.0. The monoisotopic (exact) mass is 351 g/mol. The van der Waals surface area contributed by atoms with Crippen LogP contribution in [-0.4, -0.2) is 25.9 Å². The van der Waals surface area contributed by atoms with E-state index in [2.05, 4.69) is 20.6 Å². The van der Waals surface area contributed by atoms with Crippen molar-refractivity contribution in [3.05, 3.63) is 36.4 Å². The molecule has 0 saturated heterocycles. The second-order valence-corrected chi connectivity index (χ2v) is 8.74. The van der Waals surface area contributed by atoms with E-state index >= 15 is 0 Å². The van der Waals surface area contributed by atoms with Crippen molar-refractivity contribution in [1.29, 1.82) is 0 Å². The fourth-order valence-electron chi connectivity index (χ4n) is 6.09. The van der Waals surface area contributed by atoms with Gasteiger partial charge < -0.3 is 5.32 Å². The minimum atomic E-state index is 0.169. The molecule has 6 heteroatoms. The van der Waals surface area contributed by atoms with Gasteiger partial charge in [0.05, 0.1) is 24.6 Å². The van der Waals surface area contributed by atoms with Crippen LogP contribution in [0.4, 0.5) is 0 Å². The minimum absolute atomic E-state index is 0.169. The first-order valence-corrected chi connectivity index (χ1v) is 9.76. The van der Waals surface area contributed by atoms with Crippen LogP contribution in [0.25, 0.3) is 5.69 Å². The van der Waals surface area contributed by atoms with Gasteiger partial charge in [0.1, 0.15) is 5.69 Å². The molecule has 0 aromatic carbocycles. The third kappa shape index (κ3) is 3.02. The molecule has 0 unspecified atom stereocenters. The molecule has 26 heavy (non-hydrogen) atoms. The number of aromatic nitrogens is 4. The summed E-state index contributed by atoms with van der Waals surface area (Å²) in [4.78, 5) is 16.7. The number of amides is 1. The number of nitrogens with one attached hydrogen (secondary N) is 1. The van der Waals surface area contributed by atoms with Gasteiger partial charge in [-0.1, -0.05) is 5.21 Å². The van der Waals surface area contributed by atoms with Gasteiger partial charge in [0.15, 0.2) is 0 Å². The molecule has 2 heterocycles. The average molecular weight is 351 g/mol. The van der Waals surface area contributed by atoms with E-state index in [0.29, 0.717) is 13.0 Å². The van der Waals surface area contributed by atoms with Crippen LogP contribution >= 0.6 is 0 Å². The standard InChI is InChI=1S/C20H25N5O/c26-19(10-20-7-14-4-15(8-20)6-16(5-14)9-20)22-11-17-13-25(24-23-17)18-2-1-3-21-12-18/h1-3,12-16H,4-11H2,(H,22,26). The molecule has 0 aliphatic heterocycles. The lowest BCUT2D eigenvalue weighted by molar-refractivity contribution is -0.129. The summed E-state index contributed by atoms with van der Waals surface area (Å²) < 4.78 is 1.69. The third-order valence-corrected chi connectivity index (χ3v) is 6.62. The Labute approximate surface area is 153 Å². The number of hydrogen-bond donors (Lipinski definition) is 1. The molecule has 4 aliphatic carbocycles. The van der Waals surface area contributed by atoms with Crippen molar-refractivity contribution in [3.8, 4) is 5.69 Å². The Morgan fingerprint density at radius 2 is 1.92 bits per heavy atom. The molecule has 0 radical (unpaired) electrons. The van der Waals surface area contributed by atoms with Gasteiger partial charge in [-0.05, 0) is 73.8 Å². The summed E-state index contributed by atoms with van der Waals surface area (Å²) in [7, 11) is 0. The van der Waals surface area contributed by atoms with Crippen LogP contribution in [0.2, 0.25) is 0 Å². The van der Waals surface area contributed by atoms with Crippen molar-refractivity contribution in [2.75, 3.05) is 0 Å². The second kappa shape index (κ2) is 6.18. The second-order valence-electron chi connectivity index (χ2n) is 8.74. The molecule has 1 N–H and O–H groups in total. The third-order valence-electron chi connectivity index (χ3n) is 6.62. The Bertz CT molecular complexity index is 764. The first-order chi connectivity index (χ1) is 12.7. The van der Waals surface area contributed by atoms with Gasteiger partial charge in [0.25, 0.3) is 0 Å². The van der Waals surface area contributed by atoms with Gasteiger partial charge in [-0.25, -0.2) is 4.68 Å². The van der Waals surface area contributed by atoms with Crippen molar-refractivity contribution in [1.82, 2.24) is 25.3 Å². The molecule has 4 aliphatic rings. The van der Waals surface area contributed by atoms with Crippen molar-refractivity contribution in [2.24, 2.45) is 23.2 Å². The molecule has 4 bridgehead atoms. The van der Waals surface area contributed by atoms with E-state index in [9.17, 15) is 4.79 Å². The predicted octanol–water partition coefficient (Wildman–Crippen LogP) is 2.89. The van der Waals surface area contributed by atoms with Crippen molar-refractivity contribution in [3.63, 3.8) is 0 Å². The zero-order valence-corrected chi connectivity index (χ0v) is 15.0. The largest absolute Gasteiger partial charge is 0.350 e. The lowest BCUT2D eigenvalue weighted by Crippen LogP contribution is -2.47. The van der Waals surface area contributed by atoms with Gasteiger partial charge in [0.2, 0.25) is 5.91 Å². The maximum absolute atomic E-state index is 12.6. The fourth-order valence-corrected chi connectivity index (χ4v) is 6.09. The van der Waals surface area contributed by atoms with Gasteiger partial charge in [-0.15, -0.1) is 5.10 Å². The summed E-state index contributed by atoms with van der Waals surface area (Å²) in [6.07, 6.45) is 14.1. The van der Waals surface area contributed by atoms with E-state index in [1.807, 2.05) is 18.3 Å². The zero-order valence-electron chi connectivity index (χ0n) is 15.0. The number of carbonyl (C=O) groups excluding carboxylic acids is 1. The number of nitrogens with zero attached hydrogens (tertiary/aromatic N) is 4. The van der Waals surface area contributed by atoms with E-state index < -0.39 is 0 Å². The molecule has 2 aromatic heterocycles. The zero-order chi connectivity index (χ0) is 17.6. The quantitative estimate of drug-likeness (QED) is 0.899. The minimum Gasteiger partial charge on any atom is -0.350 e. The van der Waals surface area contributed by atoms with Crippen molar-refractivity contribution >= 4 is 5.91 Å². The smallest absolute Gasteiger partial charge is 0.220 e. The Balaban J connectivity index is 1.19. The number of hydrogen-bond acceptors (Lipinski definition) is 4. The Morgan fingerprint density at radius 3 is 2.58 bits per heavy atom. The molecule has 4 saturated carbocycles. The molecule has 6 nitrogen and oxygen atoms in total. The summed E-state index contributed by atoms with van der Waals surface area (Å²) in [6.45, 7) is 0.436. The van der Waals surface area contributed by atoms with Crippen LogP contribution in [0.5, 0.6) is 0 Å². The van der Waals surface area contributed by atoms with Crippen molar-refractivity contribution in [2.45, 2.75) is 51.5 Å². The highest BCUT2D eigenvalue weighted by Gasteiger charge is 2.51. The van der Waals surface area contributed by atoms with E-state index in [4.69, 9.17) is 0 Å². The van der Waals surface area contributed by atoms with Crippen molar-refractivity contribution < 1.29 is 4.79 Å². The molecular formula is C20H25N5O. The molecule has 0 atom stereocenters. The molecule has 0 spiro atoms. The van der Waals surface area contributed by atoms with Crippen LogP contribution in [0.3, 0.4) is 0 Å². The van der Waals surface area contributed by atoms with E-state index in [1.165, 1.54) is 38.5 Å². The van der Waals surface area contributed by atoms with Crippen LogP contribution in [-0.2, 0) is 11.3 Å². The number of carbonyl (C=O) groups is 1. The molecule has 1 amide bonds. The van der Waals surface area contributed by atoms with Crippen LogP contribution in [0.15, 0.2) is 30.7 Å². The lowest BCUT2D eigenvalue weighted by Gasteiger charge is -2.56. The highest BCUT2D eigenvalue weighted by atomic mass is 16.1. The normalized spacial score (nSPS) is 31.9. The molecule has 2 aromatic rings. The maximum atomic E-state index is 12.6. The fraction of sp³-hybridized carbons (Fsp3) is 0.600. The van der Waals surface area contributed by atoms with E-state index in [1.54, 1.807) is 17.1 Å². The summed E-state index contributed by atoms with van der Waals surface area (Å²) in [5.41, 5.74) is 1.92. The maximum Gasteiger partial charge on any atom is 0.220 e. The Kier molecular flexibility index (Phi) is 3.80. The molecular weight excluding hydrogens is 326 g/mol. The molecule has 6 rings (SSSR count). The highest BCUT2D eigenvalue weighted by Crippen LogP contribution is 2.61. The SMILES string of the molecule is O=C(CC12CC3CC(CC(C3)C1)C2)NCc1cn(-c2cccnc2)nn1. The van der Waals surface area contributed by atoms with Crippen LogP contribution in [0.1, 0.15) is 50.6 Å². The first-order valence-electron chi connectivity index (χ1n) is 9.76. The summed E-state index contributed by atoms with van der Waals surface area (Å²) in [6, 6.07) is 3.79. The summed E-state index contributed by atoms with van der Waals surface area (Å²) in [5.74, 6) is 2.82. The lowest BCUT2D eigenvalue weighted by atomic mass is 9.49. The van der Waals surface area contributed by atoms with Crippen LogP contribution < -0.4 is 5.32 Å². The highest BCUT2D eigenvalue weighted by molar-refractivity contribution is 5.76. The van der Waals surface area contributed by atoms with Gasteiger partial charge >= 0.3 is 0 Å². The van der Waals surface area contributed by atoms with E-state index in [0.717, 1.165) is 29.1 Å². The topological polar surface area (TPSA) is 72.7 Å². The summed E-state index contributed by atoms with van der Waals surface area (Å²) >= 11 is 0. The average Bonchev–Trinajstić information content (AvgIpc) is 3.08. The Morgan fingerprint density at radius 1 is 1.19 bits per heavy atom. The van der Waals surface area contributed by atoms with Gasteiger partial charge in [-0.3, -0.25) is 9.78 Å². The summed E-state index contributed by atoms with van der Waals surface area (Å²) in [5, 5.41) is 11.4. The number of pyridine rings is 1. The van der Waals surface area contributed by atoms with Gasteiger partial charge in [0, 0.05) is 12.6 Å². The molecule has 136 valence electrons.